The Morgan fingerprint density at radius 2 is 1.61 bits per heavy atom. The monoisotopic (exact) mass is 416 g/mol. The van der Waals surface area contributed by atoms with Gasteiger partial charge in [-0.2, -0.15) is 0 Å². The molecule has 0 aromatic rings. The molecule has 0 spiro atoms. The van der Waals surface area contributed by atoms with Gasteiger partial charge in [0.1, 0.15) is 6.10 Å². The Morgan fingerprint density at radius 3 is 2.14 bits per heavy atom. The lowest BCUT2D eigenvalue weighted by molar-refractivity contribution is -0.139. The van der Waals surface area contributed by atoms with Crippen LogP contribution in [0.2, 0.25) is 0 Å². The minimum absolute atomic E-state index is 0.0963. The Labute approximate surface area is 169 Å². The molecule has 7 nitrogen and oxygen atoms in total. The van der Waals surface area contributed by atoms with E-state index in [1.54, 1.807) is 0 Å². The maximum Gasteiger partial charge on any atom is 0.249 e. The molecule has 2 fully saturated rings. The van der Waals surface area contributed by atoms with Crippen LogP contribution in [0.3, 0.4) is 0 Å². The second kappa shape index (κ2) is 9.57. The molecule has 28 heavy (non-hydrogen) atoms. The molecule has 1 aliphatic heterocycles. The number of rotatable bonds is 7. The fraction of sp³-hybridized carbons (Fsp3) is 0.900. The van der Waals surface area contributed by atoms with E-state index in [1.165, 1.54) is 6.42 Å². The zero-order valence-electron chi connectivity index (χ0n) is 17.6. The largest absolute Gasteiger partial charge is 0.365 e. The van der Waals surface area contributed by atoms with Crippen LogP contribution in [0.1, 0.15) is 72.6 Å². The van der Waals surface area contributed by atoms with Crippen molar-refractivity contribution in [2.24, 2.45) is 5.41 Å². The minimum atomic E-state index is -3.31. The summed E-state index contributed by atoms with van der Waals surface area (Å²) in [7, 11) is -3.31. The van der Waals surface area contributed by atoms with Crippen LogP contribution in [0.5, 0.6) is 0 Å². The maximum absolute atomic E-state index is 12.7. The highest BCUT2D eigenvalue weighted by Gasteiger charge is 2.40. The molecule has 2 rings (SSSR count). The van der Waals surface area contributed by atoms with E-state index >= 15 is 0 Å². The average molecular weight is 417 g/mol. The molecule has 8 heteroatoms. The van der Waals surface area contributed by atoms with Crippen molar-refractivity contribution in [1.29, 1.82) is 0 Å². The highest BCUT2D eigenvalue weighted by Crippen LogP contribution is 2.23. The Bertz CT molecular complexity index is 650. The summed E-state index contributed by atoms with van der Waals surface area (Å²) in [6, 6.07) is -1.22. The summed E-state index contributed by atoms with van der Waals surface area (Å²) in [5.74, 6) is -0.780. The number of ether oxygens (including phenoxy) is 1. The van der Waals surface area contributed by atoms with E-state index in [-0.39, 0.29) is 34.8 Å². The molecule has 1 saturated heterocycles. The zero-order chi connectivity index (χ0) is 20.9. The Hall–Kier alpha value is -1.15. The molecular formula is C20H36N2O5S. The number of sulfone groups is 1. The van der Waals surface area contributed by atoms with E-state index in [0.29, 0.717) is 12.8 Å². The van der Waals surface area contributed by atoms with Crippen molar-refractivity contribution < 1.29 is 22.7 Å². The lowest BCUT2D eigenvalue weighted by Crippen LogP contribution is -2.53. The summed E-state index contributed by atoms with van der Waals surface area (Å²) in [4.78, 5) is 25.0. The van der Waals surface area contributed by atoms with E-state index in [4.69, 9.17) is 4.74 Å². The molecule has 0 radical (unpaired) electrons. The Balaban J connectivity index is 1.97. The van der Waals surface area contributed by atoms with E-state index in [0.717, 1.165) is 25.7 Å². The Morgan fingerprint density at radius 1 is 1.04 bits per heavy atom. The SMILES string of the molecule is CCC(OC1CCCCC1)C(=O)NC1CS(=O)(=O)CC1NC(=O)CC(C)(C)C. The van der Waals surface area contributed by atoms with E-state index in [2.05, 4.69) is 10.6 Å². The summed E-state index contributed by atoms with van der Waals surface area (Å²) < 4.78 is 30.2. The second-order valence-electron chi connectivity index (χ2n) is 9.40. The van der Waals surface area contributed by atoms with Crippen LogP contribution in [-0.4, -0.2) is 56.0 Å². The fourth-order valence-corrected chi connectivity index (χ4v) is 5.79. The van der Waals surface area contributed by atoms with E-state index in [1.807, 2.05) is 27.7 Å². The van der Waals surface area contributed by atoms with Gasteiger partial charge in [-0.05, 0) is 24.7 Å². The van der Waals surface area contributed by atoms with Crippen molar-refractivity contribution in [2.75, 3.05) is 11.5 Å². The first-order valence-electron chi connectivity index (χ1n) is 10.4. The van der Waals surface area contributed by atoms with Crippen molar-refractivity contribution >= 4 is 21.7 Å². The summed E-state index contributed by atoms with van der Waals surface area (Å²) in [5.41, 5.74) is -0.193. The Kier molecular flexibility index (Phi) is 7.90. The van der Waals surface area contributed by atoms with Gasteiger partial charge in [0.15, 0.2) is 9.84 Å². The summed E-state index contributed by atoms with van der Waals surface area (Å²) >= 11 is 0. The normalized spacial score (nSPS) is 26.6. The van der Waals surface area contributed by atoms with Crippen LogP contribution in [0.15, 0.2) is 0 Å². The van der Waals surface area contributed by atoms with Crippen molar-refractivity contribution in [3.05, 3.63) is 0 Å². The van der Waals surface area contributed by atoms with Crippen LogP contribution >= 0.6 is 0 Å². The van der Waals surface area contributed by atoms with Gasteiger partial charge in [-0.15, -0.1) is 0 Å². The number of hydrogen-bond acceptors (Lipinski definition) is 5. The number of nitrogens with one attached hydrogen (secondary N) is 2. The minimum Gasteiger partial charge on any atom is -0.365 e. The zero-order valence-corrected chi connectivity index (χ0v) is 18.4. The second-order valence-corrected chi connectivity index (χ2v) is 11.6. The predicted molar refractivity (Wildman–Crippen MR) is 109 cm³/mol. The quantitative estimate of drug-likeness (QED) is 0.660. The fourth-order valence-electron chi connectivity index (χ4n) is 3.92. The van der Waals surface area contributed by atoms with Crippen LogP contribution in [0.25, 0.3) is 0 Å². The molecule has 3 atom stereocenters. The first-order chi connectivity index (χ1) is 13.0. The molecule has 162 valence electrons. The van der Waals surface area contributed by atoms with Crippen molar-refractivity contribution in [1.82, 2.24) is 10.6 Å². The van der Waals surface area contributed by atoms with Gasteiger partial charge in [-0.1, -0.05) is 47.0 Å². The van der Waals surface area contributed by atoms with Gasteiger partial charge in [0.25, 0.3) is 0 Å². The lowest BCUT2D eigenvalue weighted by Gasteiger charge is -2.28. The van der Waals surface area contributed by atoms with E-state index in [9.17, 15) is 18.0 Å². The van der Waals surface area contributed by atoms with Crippen molar-refractivity contribution in [3.8, 4) is 0 Å². The highest BCUT2D eigenvalue weighted by molar-refractivity contribution is 7.91. The van der Waals surface area contributed by atoms with E-state index < -0.39 is 28.0 Å². The number of amides is 2. The van der Waals surface area contributed by atoms with Crippen molar-refractivity contribution in [2.45, 2.75) is 96.9 Å². The van der Waals surface area contributed by atoms with Gasteiger partial charge >= 0.3 is 0 Å². The maximum atomic E-state index is 12.7. The molecule has 2 amide bonds. The molecule has 1 heterocycles. The lowest BCUT2D eigenvalue weighted by atomic mass is 9.92. The topological polar surface area (TPSA) is 102 Å². The van der Waals surface area contributed by atoms with Crippen LogP contribution in [0, 0.1) is 5.41 Å². The van der Waals surface area contributed by atoms with Gasteiger partial charge in [0.2, 0.25) is 11.8 Å². The van der Waals surface area contributed by atoms with Gasteiger partial charge in [0.05, 0.1) is 29.7 Å². The molecule has 0 bridgehead atoms. The summed E-state index contributed by atoms with van der Waals surface area (Å²) in [6.45, 7) is 7.74. The van der Waals surface area contributed by atoms with Gasteiger partial charge in [-0.3, -0.25) is 9.59 Å². The number of hydrogen-bond donors (Lipinski definition) is 2. The molecule has 0 aromatic heterocycles. The molecule has 3 unspecified atom stereocenters. The molecular weight excluding hydrogens is 380 g/mol. The average Bonchev–Trinajstić information content (AvgIpc) is 2.84. The third kappa shape index (κ3) is 7.35. The van der Waals surface area contributed by atoms with Crippen molar-refractivity contribution in [3.63, 3.8) is 0 Å². The predicted octanol–water partition coefficient (Wildman–Crippen LogP) is 1.95. The third-order valence-corrected chi connectivity index (χ3v) is 7.02. The molecule has 1 aliphatic carbocycles. The van der Waals surface area contributed by atoms with Gasteiger partial charge in [-0.25, -0.2) is 8.42 Å². The summed E-state index contributed by atoms with van der Waals surface area (Å²) in [6.07, 6.45) is 5.71. The number of carbonyl (C=O) groups is 2. The van der Waals surface area contributed by atoms with Gasteiger partial charge in [0, 0.05) is 6.42 Å². The number of carbonyl (C=O) groups excluding carboxylic acids is 2. The third-order valence-electron chi connectivity index (χ3n) is 5.29. The van der Waals surface area contributed by atoms with Gasteiger partial charge < -0.3 is 15.4 Å². The summed E-state index contributed by atoms with van der Waals surface area (Å²) in [5, 5.41) is 5.65. The standard InChI is InChI=1S/C20H36N2O5S/c1-5-17(27-14-9-7-6-8-10-14)19(24)22-16-13-28(25,26)12-15(16)21-18(23)11-20(2,3)4/h14-17H,5-13H2,1-4H3,(H,21,23)(H,22,24). The van der Waals surface area contributed by atoms with Crippen LogP contribution in [-0.2, 0) is 24.2 Å². The smallest absolute Gasteiger partial charge is 0.249 e. The van der Waals surface area contributed by atoms with Crippen LogP contribution < -0.4 is 10.6 Å². The first kappa shape index (κ1) is 23.1. The molecule has 2 aliphatic rings. The highest BCUT2D eigenvalue weighted by atomic mass is 32.2. The molecule has 2 N–H and O–H groups in total. The molecule has 1 saturated carbocycles. The molecule has 0 aromatic carbocycles. The first-order valence-corrected chi connectivity index (χ1v) is 12.3. The van der Waals surface area contributed by atoms with Crippen LogP contribution in [0.4, 0.5) is 0 Å².